The van der Waals surface area contributed by atoms with E-state index in [-0.39, 0.29) is 11.9 Å². The van der Waals surface area contributed by atoms with Crippen molar-refractivity contribution < 1.29 is 14.6 Å². The summed E-state index contributed by atoms with van der Waals surface area (Å²) in [5.74, 6) is 2.34. The highest BCUT2D eigenvalue weighted by atomic mass is 16.5. The second-order valence-electron chi connectivity index (χ2n) is 7.61. The van der Waals surface area contributed by atoms with Crippen LogP contribution in [0.5, 0.6) is 5.75 Å². The molecule has 1 saturated carbocycles. The van der Waals surface area contributed by atoms with Crippen molar-refractivity contribution in [3.05, 3.63) is 48.9 Å². The standard InChI is InChI=1S/C21H26N4O3/c26-19-11-16-14-25(21(27)6-9-28-17-4-2-1-3-5-17)13-15(16)10-18(19)24-20-12-22-7-8-23-20/h1-5,7-8,12,15-16,18-19,26H,6,9-11,13-14H2,(H,23,24)/t15-,16+,18-,19-/m1/s1. The molecule has 7 heteroatoms. The van der Waals surface area contributed by atoms with Crippen LogP contribution in [0.15, 0.2) is 48.9 Å². The molecule has 1 aliphatic carbocycles. The number of para-hydroxylation sites is 1. The molecule has 7 nitrogen and oxygen atoms in total. The Labute approximate surface area is 164 Å². The van der Waals surface area contributed by atoms with Crippen molar-refractivity contribution in [2.45, 2.75) is 31.4 Å². The summed E-state index contributed by atoms with van der Waals surface area (Å²) < 4.78 is 5.65. The lowest BCUT2D eigenvalue weighted by atomic mass is 9.77. The molecule has 148 valence electrons. The molecule has 1 aromatic heterocycles. The Morgan fingerprint density at radius 3 is 2.71 bits per heavy atom. The Balaban J connectivity index is 1.27. The van der Waals surface area contributed by atoms with Gasteiger partial charge in [-0.25, -0.2) is 4.98 Å². The van der Waals surface area contributed by atoms with Crippen LogP contribution in [0.1, 0.15) is 19.3 Å². The van der Waals surface area contributed by atoms with Gasteiger partial charge in [-0.3, -0.25) is 9.78 Å². The predicted octanol–water partition coefficient (Wildman–Crippen LogP) is 1.96. The number of carbonyl (C=O) groups excluding carboxylic acids is 1. The van der Waals surface area contributed by atoms with Crippen LogP contribution < -0.4 is 10.1 Å². The molecular formula is C21H26N4O3. The van der Waals surface area contributed by atoms with E-state index in [1.165, 1.54) is 0 Å². The van der Waals surface area contributed by atoms with Crippen LogP contribution in [0.3, 0.4) is 0 Å². The number of aromatic nitrogens is 2. The van der Waals surface area contributed by atoms with E-state index in [0.29, 0.717) is 37.1 Å². The number of ether oxygens (including phenoxy) is 1. The Bertz CT molecular complexity index is 774. The van der Waals surface area contributed by atoms with Crippen LogP contribution in [-0.2, 0) is 4.79 Å². The second-order valence-corrected chi connectivity index (χ2v) is 7.61. The van der Waals surface area contributed by atoms with Crippen molar-refractivity contribution in [1.29, 1.82) is 0 Å². The fourth-order valence-electron chi connectivity index (χ4n) is 4.28. The summed E-state index contributed by atoms with van der Waals surface area (Å²) >= 11 is 0. The lowest BCUT2D eigenvalue weighted by Gasteiger charge is -2.35. The number of benzene rings is 1. The van der Waals surface area contributed by atoms with Gasteiger partial charge in [0.05, 0.1) is 31.4 Å². The van der Waals surface area contributed by atoms with E-state index in [2.05, 4.69) is 15.3 Å². The molecule has 1 saturated heterocycles. The summed E-state index contributed by atoms with van der Waals surface area (Å²) in [6, 6.07) is 9.49. The SMILES string of the molecule is O=C(CCOc1ccccc1)N1C[C@H]2C[C@@H](Nc3cnccn3)[C@H](O)C[C@H]2C1. The van der Waals surface area contributed by atoms with Crippen molar-refractivity contribution in [3.63, 3.8) is 0 Å². The smallest absolute Gasteiger partial charge is 0.226 e. The van der Waals surface area contributed by atoms with Crippen LogP contribution in [0, 0.1) is 11.8 Å². The molecule has 1 aliphatic heterocycles. The Kier molecular flexibility index (Phi) is 5.71. The van der Waals surface area contributed by atoms with Gasteiger partial charge in [0.2, 0.25) is 5.91 Å². The molecule has 2 aliphatic rings. The average Bonchev–Trinajstić information content (AvgIpc) is 3.13. The fraction of sp³-hybridized carbons (Fsp3) is 0.476. The minimum absolute atomic E-state index is 0.0607. The fourth-order valence-corrected chi connectivity index (χ4v) is 4.28. The highest BCUT2D eigenvalue weighted by Gasteiger charge is 2.42. The topological polar surface area (TPSA) is 87.6 Å². The van der Waals surface area contributed by atoms with Gasteiger partial charge in [-0.2, -0.15) is 0 Å². The first-order valence-corrected chi connectivity index (χ1v) is 9.85. The minimum atomic E-state index is -0.445. The van der Waals surface area contributed by atoms with E-state index in [9.17, 15) is 9.90 Å². The third kappa shape index (κ3) is 4.42. The molecule has 2 N–H and O–H groups in total. The first kappa shape index (κ1) is 18.7. The van der Waals surface area contributed by atoms with E-state index in [1.807, 2.05) is 35.2 Å². The predicted molar refractivity (Wildman–Crippen MR) is 105 cm³/mol. The number of nitrogens with one attached hydrogen (secondary N) is 1. The molecular weight excluding hydrogens is 356 g/mol. The number of anilines is 1. The maximum absolute atomic E-state index is 12.6. The Hall–Kier alpha value is -2.67. The molecule has 0 spiro atoms. The average molecular weight is 382 g/mol. The van der Waals surface area contributed by atoms with E-state index >= 15 is 0 Å². The van der Waals surface area contributed by atoms with Crippen molar-refractivity contribution in [3.8, 4) is 5.75 Å². The molecule has 2 aromatic rings. The lowest BCUT2D eigenvalue weighted by Crippen LogP contribution is -2.43. The summed E-state index contributed by atoms with van der Waals surface area (Å²) in [5, 5.41) is 13.8. The number of nitrogens with zero attached hydrogens (tertiary/aromatic N) is 3. The number of likely N-dealkylation sites (tertiary alicyclic amines) is 1. The first-order chi connectivity index (χ1) is 13.7. The van der Waals surface area contributed by atoms with E-state index < -0.39 is 6.10 Å². The third-order valence-corrected chi connectivity index (χ3v) is 5.72. The van der Waals surface area contributed by atoms with Crippen LogP contribution in [0.4, 0.5) is 5.82 Å². The molecule has 2 fully saturated rings. The first-order valence-electron chi connectivity index (χ1n) is 9.85. The number of rotatable bonds is 6. The number of aliphatic hydroxyl groups is 1. The zero-order chi connectivity index (χ0) is 19.3. The number of hydrogen-bond acceptors (Lipinski definition) is 6. The van der Waals surface area contributed by atoms with Gasteiger partial charge in [0.15, 0.2) is 0 Å². The molecule has 0 unspecified atom stereocenters. The van der Waals surface area contributed by atoms with Crippen LogP contribution in [0.2, 0.25) is 0 Å². The van der Waals surface area contributed by atoms with Crippen molar-refractivity contribution >= 4 is 11.7 Å². The maximum Gasteiger partial charge on any atom is 0.226 e. The van der Waals surface area contributed by atoms with Crippen LogP contribution in [0.25, 0.3) is 0 Å². The van der Waals surface area contributed by atoms with Crippen molar-refractivity contribution in [1.82, 2.24) is 14.9 Å². The number of fused-ring (bicyclic) bond motifs is 1. The van der Waals surface area contributed by atoms with E-state index in [1.54, 1.807) is 18.6 Å². The highest BCUT2D eigenvalue weighted by molar-refractivity contribution is 5.76. The molecule has 4 atom stereocenters. The van der Waals surface area contributed by atoms with Gasteiger partial charge in [-0.15, -0.1) is 0 Å². The number of carbonyl (C=O) groups is 1. The molecule has 1 aromatic carbocycles. The van der Waals surface area contributed by atoms with Gasteiger partial charge in [-0.05, 0) is 36.8 Å². The maximum atomic E-state index is 12.6. The molecule has 1 amide bonds. The summed E-state index contributed by atoms with van der Waals surface area (Å²) in [4.78, 5) is 22.8. The van der Waals surface area contributed by atoms with Crippen molar-refractivity contribution in [2.75, 3.05) is 25.0 Å². The Morgan fingerprint density at radius 2 is 1.96 bits per heavy atom. The minimum Gasteiger partial charge on any atom is -0.493 e. The van der Waals surface area contributed by atoms with Gasteiger partial charge in [0, 0.05) is 25.5 Å². The van der Waals surface area contributed by atoms with Gasteiger partial charge < -0.3 is 20.1 Å². The van der Waals surface area contributed by atoms with Gasteiger partial charge in [-0.1, -0.05) is 18.2 Å². The zero-order valence-corrected chi connectivity index (χ0v) is 15.8. The molecule has 0 radical (unpaired) electrons. The zero-order valence-electron chi connectivity index (χ0n) is 15.8. The summed E-state index contributed by atoms with van der Waals surface area (Å²) in [6.45, 7) is 1.86. The van der Waals surface area contributed by atoms with Gasteiger partial charge in [0.1, 0.15) is 11.6 Å². The summed E-state index contributed by atoms with van der Waals surface area (Å²) in [5.41, 5.74) is 0. The molecule has 4 rings (SSSR count). The Morgan fingerprint density at radius 1 is 1.18 bits per heavy atom. The van der Waals surface area contributed by atoms with Crippen LogP contribution in [-0.4, -0.2) is 57.7 Å². The van der Waals surface area contributed by atoms with Gasteiger partial charge in [0.25, 0.3) is 0 Å². The van der Waals surface area contributed by atoms with E-state index in [0.717, 1.165) is 25.3 Å². The molecule has 28 heavy (non-hydrogen) atoms. The lowest BCUT2D eigenvalue weighted by molar-refractivity contribution is -0.130. The molecule has 0 bridgehead atoms. The largest absolute Gasteiger partial charge is 0.493 e. The van der Waals surface area contributed by atoms with Crippen molar-refractivity contribution in [2.24, 2.45) is 11.8 Å². The highest BCUT2D eigenvalue weighted by Crippen LogP contribution is 2.37. The summed E-state index contributed by atoms with van der Waals surface area (Å²) in [6.07, 6.45) is 6.38. The number of amides is 1. The summed E-state index contributed by atoms with van der Waals surface area (Å²) in [7, 11) is 0. The van der Waals surface area contributed by atoms with E-state index in [4.69, 9.17) is 4.74 Å². The van der Waals surface area contributed by atoms with Crippen LogP contribution >= 0.6 is 0 Å². The monoisotopic (exact) mass is 382 g/mol. The second kappa shape index (κ2) is 8.56. The number of aliphatic hydroxyl groups excluding tert-OH is 1. The normalized spacial score (nSPS) is 26.5. The number of hydrogen-bond donors (Lipinski definition) is 2. The van der Waals surface area contributed by atoms with Gasteiger partial charge >= 0.3 is 0 Å². The quantitative estimate of drug-likeness (QED) is 0.794. The third-order valence-electron chi connectivity index (χ3n) is 5.72. The molecule has 2 heterocycles.